The van der Waals surface area contributed by atoms with E-state index < -0.39 is 0 Å². The number of aromatic nitrogens is 2. The predicted molar refractivity (Wildman–Crippen MR) is 85.0 cm³/mol. The van der Waals surface area contributed by atoms with E-state index in [-0.39, 0.29) is 10.4 Å². The Morgan fingerprint density at radius 1 is 1.14 bits per heavy atom. The summed E-state index contributed by atoms with van der Waals surface area (Å²) in [5.41, 5.74) is 3.10. The van der Waals surface area contributed by atoms with Crippen LogP contribution in [0.2, 0.25) is 10.4 Å². The fourth-order valence-corrected chi connectivity index (χ4v) is 3.08. The van der Waals surface area contributed by atoms with E-state index >= 15 is 0 Å². The van der Waals surface area contributed by atoms with Crippen molar-refractivity contribution in [1.29, 1.82) is 0 Å². The highest BCUT2D eigenvalue weighted by Crippen LogP contribution is 2.35. The molecule has 104 valence electrons. The van der Waals surface area contributed by atoms with Gasteiger partial charge in [-0.25, -0.2) is 9.97 Å². The van der Waals surface area contributed by atoms with Crippen LogP contribution in [0.1, 0.15) is 17.9 Å². The summed E-state index contributed by atoms with van der Waals surface area (Å²) in [5.74, 6) is 0.372. The van der Waals surface area contributed by atoms with Gasteiger partial charge in [-0.05, 0) is 35.7 Å². The molecule has 0 spiro atoms. The van der Waals surface area contributed by atoms with Crippen LogP contribution in [-0.4, -0.2) is 9.97 Å². The summed E-state index contributed by atoms with van der Waals surface area (Å²) < 4.78 is 5.73. The van der Waals surface area contributed by atoms with Gasteiger partial charge in [-0.3, -0.25) is 0 Å². The zero-order chi connectivity index (χ0) is 14.4. The minimum Gasteiger partial charge on any atom is -0.451 e. The Labute approximate surface area is 130 Å². The van der Waals surface area contributed by atoms with Gasteiger partial charge in [0.25, 0.3) is 0 Å². The van der Waals surface area contributed by atoms with Crippen molar-refractivity contribution in [3.8, 4) is 0 Å². The third-order valence-electron chi connectivity index (χ3n) is 3.68. The molecule has 1 unspecified atom stereocenters. The van der Waals surface area contributed by atoms with Crippen molar-refractivity contribution in [1.82, 2.24) is 9.97 Å². The first-order valence-corrected chi connectivity index (χ1v) is 7.36. The molecule has 0 N–H and O–H groups in total. The van der Waals surface area contributed by atoms with Gasteiger partial charge in [-0.15, -0.1) is 0 Å². The molecule has 0 aliphatic heterocycles. The fourth-order valence-electron chi connectivity index (χ4n) is 2.66. The van der Waals surface area contributed by atoms with Gasteiger partial charge in [0.15, 0.2) is 10.7 Å². The molecule has 0 fully saturated rings. The van der Waals surface area contributed by atoms with Crippen molar-refractivity contribution in [3.05, 3.63) is 58.5 Å². The molecule has 0 amide bonds. The standard InChI is InChI=1S/C16H10Cl2N2O/c17-15-14-13(19-16(18)20-15)11-8-10(6-7-12(11)21-14)9-4-2-1-3-5-9/h1-4,6-9H,5H2. The van der Waals surface area contributed by atoms with E-state index in [2.05, 4.69) is 46.4 Å². The maximum Gasteiger partial charge on any atom is 0.224 e. The highest BCUT2D eigenvalue weighted by Gasteiger charge is 2.16. The lowest BCUT2D eigenvalue weighted by atomic mass is 9.92. The van der Waals surface area contributed by atoms with Crippen molar-refractivity contribution >= 4 is 45.3 Å². The first-order chi connectivity index (χ1) is 10.2. The lowest BCUT2D eigenvalue weighted by molar-refractivity contribution is 0.665. The molecule has 3 nitrogen and oxygen atoms in total. The molecule has 1 aliphatic carbocycles. The summed E-state index contributed by atoms with van der Waals surface area (Å²) in [6.45, 7) is 0. The van der Waals surface area contributed by atoms with Crippen LogP contribution in [0.3, 0.4) is 0 Å². The number of hydrogen-bond acceptors (Lipinski definition) is 3. The van der Waals surface area contributed by atoms with Crippen LogP contribution in [-0.2, 0) is 0 Å². The summed E-state index contributed by atoms with van der Waals surface area (Å²) in [7, 11) is 0. The van der Waals surface area contributed by atoms with Gasteiger partial charge in [0, 0.05) is 11.3 Å². The monoisotopic (exact) mass is 316 g/mol. The van der Waals surface area contributed by atoms with Crippen LogP contribution < -0.4 is 0 Å². The zero-order valence-electron chi connectivity index (χ0n) is 10.9. The molecule has 0 saturated heterocycles. The molecule has 0 bridgehead atoms. The van der Waals surface area contributed by atoms with Gasteiger partial charge in [-0.1, -0.05) is 42.0 Å². The number of halogens is 2. The van der Waals surface area contributed by atoms with Gasteiger partial charge in [0.1, 0.15) is 11.1 Å². The fraction of sp³-hybridized carbons (Fsp3) is 0.125. The number of hydrogen-bond donors (Lipinski definition) is 0. The Bertz CT molecular complexity index is 911. The molecular formula is C16H10Cl2N2O. The number of rotatable bonds is 1. The smallest absolute Gasteiger partial charge is 0.224 e. The minimum absolute atomic E-state index is 0.126. The number of nitrogens with zero attached hydrogens (tertiary/aromatic N) is 2. The third kappa shape index (κ3) is 2.13. The second kappa shape index (κ2) is 4.86. The highest BCUT2D eigenvalue weighted by atomic mass is 35.5. The van der Waals surface area contributed by atoms with Gasteiger partial charge in [0.2, 0.25) is 5.28 Å². The normalized spacial score (nSPS) is 17.9. The van der Waals surface area contributed by atoms with Gasteiger partial charge < -0.3 is 4.42 Å². The lowest BCUT2D eigenvalue weighted by Gasteiger charge is -2.13. The highest BCUT2D eigenvalue weighted by molar-refractivity contribution is 6.36. The van der Waals surface area contributed by atoms with Crippen LogP contribution in [0.15, 0.2) is 46.9 Å². The number of furan rings is 1. The molecule has 3 aromatic rings. The van der Waals surface area contributed by atoms with Crippen molar-refractivity contribution in [2.75, 3.05) is 0 Å². The van der Waals surface area contributed by atoms with Crippen LogP contribution in [0.5, 0.6) is 0 Å². The zero-order valence-corrected chi connectivity index (χ0v) is 12.4. The molecule has 1 aromatic carbocycles. The molecule has 0 radical (unpaired) electrons. The number of allylic oxidation sites excluding steroid dienone is 4. The van der Waals surface area contributed by atoms with Crippen LogP contribution in [0, 0.1) is 0 Å². The van der Waals surface area contributed by atoms with E-state index in [9.17, 15) is 0 Å². The topological polar surface area (TPSA) is 38.9 Å². The Morgan fingerprint density at radius 2 is 2.05 bits per heavy atom. The maximum absolute atomic E-state index is 6.07. The van der Waals surface area contributed by atoms with Crippen molar-refractivity contribution in [2.24, 2.45) is 0 Å². The maximum atomic E-state index is 6.07. The van der Waals surface area contributed by atoms with Crippen molar-refractivity contribution in [2.45, 2.75) is 12.3 Å². The molecule has 0 saturated carbocycles. The molecule has 2 aromatic heterocycles. The molecule has 4 rings (SSSR count). The molecule has 1 atom stereocenters. The van der Waals surface area contributed by atoms with Crippen LogP contribution in [0.4, 0.5) is 0 Å². The molecule has 5 heteroatoms. The van der Waals surface area contributed by atoms with Gasteiger partial charge in [-0.2, -0.15) is 0 Å². The minimum atomic E-state index is 0.126. The first kappa shape index (κ1) is 12.9. The summed E-state index contributed by atoms with van der Waals surface area (Å²) in [6, 6.07) is 6.11. The largest absolute Gasteiger partial charge is 0.451 e. The van der Waals surface area contributed by atoms with E-state index in [0.717, 1.165) is 17.4 Å². The molecule has 1 aliphatic rings. The Balaban J connectivity index is 1.95. The first-order valence-electron chi connectivity index (χ1n) is 6.61. The Hall–Kier alpha value is -1.84. The third-order valence-corrected chi connectivity index (χ3v) is 4.10. The SMILES string of the molecule is Clc1nc(Cl)c2oc3ccc(C4C=CC=CC4)cc3c2n1. The van der Waals surface area contributed by atoms with Gasteiger partial charge >= 0.3 is 0 Å². The van der Waals surface area contributed by atoms with Crippen LogP contribution >= 0.6 is 23.2 Å². The Morgan fingerprint density at radius 3 is 2.86 bits per heavy atom. The van der Waals surface area contributed by atoms with E-state index in [0.29, 0.717) is 17.0 Å². The van der Waals surface area contributed by atoms with Crippen LogP contribution in [0.25, 0.3) is 22.1 Å². The van der Waals surface area contributed by atoms with E-state index in [1.54, 1.807) is 0 Å². The second-order valence-electron chi connectivity index (χ2n) is 4.97. The van der Waals surface area contributed by atoms with Crippen molar-refractivity contribution < 1.29 is 4.42 Å². The average Bonchev–Trinajstić information content (AvgIpc) is 2.86. The summed E-state index contributed by atoms with van der Waals surface area (Å²) in [5, 5.41) is 1.28. The van der Waals surface area contributed by atoms with Gasteiger partial charge in [0.05, 0.1) is 0 Å². The van der Waals surface area contributed by atoms with E-state index in [1.807, 2.05) is 6.07 Å². The average molecular weight is 317 g/mol. The lowest BCUT2D eigenvalue weighted by Crippen LogP contribution is -1.95. The van der Waals surface area contributed by atoms with E-state index in [1.165, 1.54) is 5.56 Å². The summed E-state index contributed by atoms with van der Waals surface area (Å²) in [4.78, 5) is 8.17. The Kier molecular flexibility index (Phi) is 2.98. The number of benzene rings is 1. The molecular weight excluding hydrogens is 307 g/mol. The number of fused-ring (bicyclic) bond motifs is 3. The summed E-state index contributed by atoms with van der Waals surface area (Å²) >= 11 is 12.0. The van der Waals surface area contributed by atoms with E-state index in [4.69, 9.17) is 27.6 Å². The second-order valence-corrected chi connectivity index (χ2v) is 5.67. The molecule has 2 heterocycles. The summed E-state index contributed by atoms with van der Waals surface area (Å²) in [6.07, 6.45) is 9.49. The van der Waals surface area contributed by atoms with Crippen molar-refractivity contribution in [3.63, 3.8) is 0 Å². The quantitative estimate of drug-likeness (QED) is 0.452. The predicted octanol–water partition coefficient (Wildman–Crippen LogP) is 5.28. The molecule has 21 heavy (non-hydrogen) atoms.